The number of amides is 1. The number of nitrogens with one attached hydrogen (secondary N) is 1. The molecule has 1 spiro atoms. The second-order valence-corrected chi connectivity index (χ2v) is 15.0. The Labute approximate surface area is 285 Å². The minimum atomic E-state index is -1.05. The van der Waals surface area contributed by atoms with Crippen molar-refractivity contribution in [1.29, 1.82) is 0 Å². The number of hydrogen-bond acceptors (Lipinski definition) is 9. The van der Waals surface area contributed by atoms with E-state index in [0.29, 0.717) is 19.3 Å². The molecule has 10 nitrogen and oxygen atoms in total. The number of epoxide rings is 1. The molecule has 0 aromatic carbocycles. The first-order valence-electron chi connectivity index (χ1n) is 18.1. The maximum Gasteiger partial charge on any atom is 0.331 e. The molecular weight excluding hydrogens is 614 g/mol. The number of Topliss-reactive ketones (excluding diaryl/α,β-unsaturated/α-hetero) is 2. The fourth-order valence-electron chi connectivity index (χ4n) is 7.76. The van der Waals surface area contributed by atoms with Gasteiger partial charge in [-0.3, -0.25) is 14.4 Å². The van der Waals surface area contributed by atoms with Crippen molar-refractivity contribution >= 4 is 23.4 Å². The van der Waals surface area contributed by atoms with Crippen LogP contribution in [-0.2, 0) is 42.9 Å². The van der Waals surface area contributed by atoms with Crippen LogP contribution >= 0.6 is 0 Å². The number of carbonyl (C=O) groups is 4. The fourth-order valence-corrected chi connectivity index (χ4v) is 7.76. The molecule has 1 amide bonds. The van der Waals surface area contributed by atoms with Crippen molar-refractivity contribution in [3.63, 3.8) is 0 Å². The van der Waals surface area contributed by atoms with E-state index in [-0.39, 0.29) is 79.1 Å². The first kappa shape index (κ1) is 36.6. The van der Waals surface area contributed by atoms with Crippen LogP contribution in [0.2, 0.25) is 0 Å². The van der Waals surface area contributed by atoms with E-state index in [2.05, 4.69) is 26.1 Å². The first-order chi connectivity index (χ1) is 22.8. The van der Waals surface area contributed by atoms with Gasteiger partial charge in [0.25, 0.3) is 0 Å². The molecule has 1 N–H and O–H groups in total. The van der Waals surface area contributed by atoms with Crippen molar-refractivity contribution < 1.29 is 42.9 Å². The summed E-state index contributed by atoms with van der Waals surface area (Å²) < 4.78 is 31.9. The summed E-state index contributed by atoms with van der Waals surface area (Å²) >= 11 is 0. The van der Waals surface area contributed by atoms with E-state index < -0.39 is 29.4 Å². The Morgan fingerprint density at radius 1 is 0.958 bits per heavy atom. The molecule has 11 atom stereocenters. The van der Waals surface area contributed by atoms with Crippen molar-refractivity contribution in [2.24, 2.45) is 17.8 Å². The molecule has 0 aromatic heterocycles. The Hall–Kier alpha value is -2.66. The van der Waals surface area contributed by atoms with Gasteiger partial charge in [0.2, 0.25) is 5.91 Å². The summed E-state index contributed by atoms with van der Waals surface area (Å²) in [5.41, 5.74) is 0.422. The molecule has 7 heterocycles. The second kappa shape index (κ2) is 15.5. The molecule has 5 bridgehead atoms. The predicted octanol–water partition coefficient (Wildman–Crippen LogP) is 5.82. The van der Waals surface area contributed by atoms with E-state index >= 15 is 0 Å². The Balaban J connectivity index is 1.31. The third kappa shape index (κ3) is 8.73. The summed E-state index contributed by atoms with van der Waals surface area (Å²) in [7, 11) is 0. The van der Waals surface area contributed by atoms with Gasteiger partial charge in [-0.1, -0.05) is 45.4 Å². The lowest BCUT2D eigenvalue weighted by molar-refractivity contribution is -0.344. The van der Waals surface area contributed by atoms with Gasteiger partial charge in [0.05, 0.1) is 30.0 Å². The largest absolute Gasteiger partial charge is 0.451 e. The smallest absolute Gasteiger partial charge is 0.331 e. The third-order valence-corrected chi connectivity index (χ3v) is 11.1. The lowest BCUT2D eigenvalue weighted by Crippen LogP contribution is -2.60. The zero-order valence-corrected chi connectivity index (χ0v) is 29.5. The number of rotatable bonds is 6. The third-order valence-electron chi connectivity index (χ3n) is 11.1. The number of ether oxygens (including phenoxy) is 5. The number of esters is 1. The van der Waals surface area contributed by atoms with E-state index in [9.17, 15) is 19.2 Å². The van der Waals surface area contributed by atoms with E-state index in [1.165, 1.54) is 12.3 Å². The molecular formula is C38H55NO9. The van der Waals surface area contributed by atoms with E-state index in [1.54, 1.807) is 25.2 Å². The predicted molar refractivity (Wildman–Crippen MR) is 178 cm³/mol. The molecule has 0 saturated carbocycles. The highest BCUT2D eigenvalue weighted by Crippen LogP contribution is 2.52. The average molecular weight is 670 g/mol. The molecule has 48 heavy (non-hydrogen) atoms. The molecule has 266 valence electrons. The summed E-state index contributed by atoms with van der Waals surface area (Å²) in [6.07, 6.45) is 12.8. The Kier molecular flexibility index (Phi) is 11.8. The highest BCUT2D eigenvalue weighted by Gasteiger charge is 2.59. The topological polar surface area (TPSA) is 130 Å². The Morgan fingerprint density at radius 3 is 2.52 bits per heavy atom. The van der Waals surface area contributed by atoms with Crippen molar-refractivity contribution in [2.75, 3.05) is 0 Å². The van der Waals surface area contributed by atoms with Crippen LogP contribution in [0.4, 0.5) is 0 Å². The van der Waals surface area contributed by atoms with Gasteiger partial charge in [-0.05, 0) is 64.4 Å². The Bertz CT molecular complexity index is 1310. The zero-order valence-electron chi connectivity index (χ0n) is 29.5. The molecule has 10 heteroatoms. The summed E-state index contributed by atoms with van der Waals surface area (Å²) in [6.45, 7) is 11.9. The summed E-state index contributed by atoms with van der Waals surface area (Å²) in [5.74, 6) is -2.16. The maximum atomic E-state index is 13.5. The zero-order chi connectivity index (χ0) is 34.6. The highest BCUT2D eigenvalue weighted by atomic mass is 16.7. The number of fused-ring (bicyclic) bond motifs is 2. The van der Waals surface area contributed by atoms with Gasteiger partial charge in [-0.2, -0.15) is 0 Å². The molecule has 7 rings (SSSR count). The van der Waals surface area contributed by atoms with Crippen LogP contribution in [0.1, 0.15) is 112 Å². The van der Waals surface area contributed by atoms with Crippen LogP contribution in [0.3, 0.4) is 0 Å². The van der Waals surface area contributed by atoms with Crippen LogP contribution in [0.5, 0.6) is 0 Å². The van der Waals surface area contributed by atoms with E-state index in [4.69, 9.17) is 23.7 Å². The summed E-state index contributed by atoms with van der Waals surface area (Å²) in [6, 6.07) is 0. The minimum absolute atomic E-state index is 0.00994. The molecule has 4 fully saturated rings. The maximum absolute atomic E-state index is 13.5. The van der Waals surface area contributed by atoms with E-state index in [1.807, 2.05) is 13.8 Å². The van der Waals surface area contributed by atoms with Crippen LogP contribution in [0, 0.1) is 17.8 Å². The monoisotopic (exact) mass is 669 g/mol. The molecule has 0 radical (unpaired) electrons. The molecule has 7 aliphatic rings. The van der Waals surface area contributed by atoms with Gasteiger partial charge >= 0.3 is 5.97 Å². The van der Waals surface area contributed by atoms with Gasteiger partial charge in [0, 0.05) is 56.2 Å². The van der Waals surface area contributed by atoms with Gasteiger partial charge < -0.3 is 29.0 Å². The summed E-state index contributed by atoms with van der Waals surface area (Å²) in [5, 5.41) is 2.68. The van der Waals surface area contributed by atoms with Crippen LogP contribution in [0.25, 0.3) is 0 Å². The number of ketones is 2. The molecule has 7 aliphatic heterocycles. The molecule has 0 aromatic rings. The van der Waals surface area contributed by atoms with Gasteiger partial charge in [-0.25, -0.2) is 4.79 Å². The average Bonchev–Trinajstić information content (AvgIpc) is 3.73. The SMILES string of the molecule is CCCC(=O)N/C=C\C=C\C[C@@H]1OC(=O)/C=C(\C)[C@H](C)C[C@@H]2O[C@@H]2[C@@H]2CC[C@H]3O[C@@]4(CC[C@]3(C)O2)O[C@@H](CC(=O)[C@H](C)CC1=O)C[C@@H]4C. The molecule has 0 unspecified atom stereocenters. The van der Waals surface area contributed by atoms with Gasteiger partial charge in [0.1, 0.15) is 11.9 Å². The van der Waals surface area contributed by atoms with Gasteiger partial charge in [0.15, 0.2) is 17.7 Å². The first-order valence-corrected chi connectivity index (χ1v) is 18.1. The second-order valence-electron chi connectivity index (χ2n) is 15.0. The van der Waals surface area contributed by atoms with E-state index in [0.717, 1.165) is 37.7 Å². The standard InChI is InChI=1S/C38H55NO9/c1-7-11-34(42)39-17-10-8-9-12-30-29(41)18-25(4)28(40)22-27-21-26(5)38(46-27)16-15-37(6)33(48-38)14-13-31(47-37)36-32(45-36)19-23(2)24(3)20-35(43)44-30/h8-10,17,20,23,25-27,30-33,36H,7,11-16,18-19,21-22H2,1-6H3,(H,39,42)/b9-8+,17-10-,24-20+/t23-,25-,26+,27-,30+,31+,32+,33-,36-,37+,38-/m1/s1. The van der Waals surface area contributed by atoms with Crippen molar-refractivity contribution in [2.45, 2.75) is 160 Å². The number of carbonyl (C=O) groups excluding carboxylic acids is 4. The lowest BCUT2D eigenvalue weighted by Gasteiger charge is -2.53. The van der Waals surface area contributed by atoms with Crippen LogP contribution in [0.15, 0.2) is 36.1 Å². The van der Waals surface area contributed by atoms with Crippen LogP contribution in [-0.4, -0.2) is 71.5 Å². The van der Waals surface area contributed by atoms with Crippen molar-refractivity contribution in [3.05, 3.63) is 36.1 Å². The fraction of sp³-hybridized carbons (Fsp3) is 0.737. The van der Waals surface area contributed by atoms with Crippen molar-refractivity contribution in [1.82, 2.24) is 5.32 Å². The highest BCUT2D eigenvalue weighted by molar-refractivity contribution is 5.92. The number of hydrogen-bond donors (Lipinski definition) is 1. The normalized spacial score (nSPS) is 42.2. The quantitative estimate of drug-likeness (QED) is 0.211. The Morgan fingerprint density at radius 2 is 1.75 bits per heavy atom. The number of allylic oxidation sites excluding steroid dienone is 3. The minimum Gasteiger partial charge on any atom is -0.451 e. The lowest BCUT2D eigenvalue weighted by atomic mass is 9.78. The molecule has 4 saturated heterocycles. The molecule has 0 aliphatic carbocycles. The van der Waals surface area contributed by atoms with Crippen LogP contribution < -0.4 is 5.32 Å². The van der Waals surface area contributed by atoms with Crippen molar-refractivity contribution in [3.8, 4) is 0 Å². The summed E-state index contributed by atoms with van der Waals surface area (Å²) in [4.78, 5) is 51.7. The van der Waals surface area contributed by atoms with Gasteiger partial charge in [-0.15, -0.1) is 0 Å².